The molecule has 0 aliphatic carbocycles. The van der Waals surface area contributed by atoms with Gasteiger partial charge in [0, 0.05) is 26.0 Å². The Hall–Kier alpha value is -2.80. The number of carbonyl (C=O) groups is 2. The minimum absolute atomic E-state index is 0.228. The molecule has 1 aromatic carbocycles. The summed E-state index contributed by atoms with van der Waals surface area (Å²) in [7, 11) is 2.93. The third-order valence-electron chi connectivity index (χ3n) is 4.67. The van der Waals surface area contributed by atoms with E-state index in [0.717, 1.165) is 12.0 Å². The molecule has 0 saturated carbocycles. The van der Waals surface area contributed by atoms with Gasteiger partial charge in [0.2, 0.25) is 0 Å². The van der Waals surface area contributed by atoms with Crippen LogP contribution in [0.2, 0.25) is 0 Å². The van der Waals surface area contributed by atoms with Crippen molar-refractivity contribution in [3.63, 3.8) is 0 Å². The molecule has 0 bridgehead atoms. The molecule has 7 nitrogen and oxygen atoms in total. The summed E-state index contributed by atoms with van der Waals surface area (Å²) in [6, 6.07) is 5.47. The van der Waals surface area contributed by atoms with Gasteiger partial charge in [-0.25, -0.2) is 4.79 Å². The smallest absolute Gasteiger partial charge is 0.340 e. The maximum atomic E-state index is 13.1. The predicted octanol–water partition coefficient (Wildman–Crippen LogP) is 3.58. The normalized spacial score (nSPS) is 15.2. The number of rotatable bonds is 11. The lowest BCUT2D eigenvalue weighted by molar-refractivity contribution is -0.136. The summed E-state index contributed by atoms with van der Waals surface area (Å²) in [4.78, 5) is 27.1. The summed E-state index contributed by atoms with van der Waals surface area (Å²) in [5, 5.41) is 0. The zero-order valence-corrected chi connectivity index (χ0v) is 18.4. The summed E-state index contributed by atoms with van der Waals surface area (Å²) < 4.78 is 21.5. The van der Waals surface area contributed by atoms with Crippen LogP contribution in [0.25, 0.3) is 6.08 Å². The first-order valence-corrected chi connectivity index (χ1v) is 10.2. The Labute approximate surface area is 178 Å². The number of amides is 1. The monoisotopic (exact) mass is 417 g/mol. The van der Waals surface area contributed by atoms with Crippen LogP contribution in [0.1, 0.15) is 39.2 Å². The maximum Gasteiger partial charge on any atom is 0.340 e. The minimum atomic E-state index is -0.533. The van der Waals surface area contributed by atoms with Crippen molar-refractivity contribution in [3.05, 3.63) is 40.6 Å². The Morgan fingerprint density at radius 3 is 2.50 bits per heavy atom. The SMILES string of the molecule is CCCOc1ccc(/C=C2\C(=O)N(CCCOC)C(C)=C2C(=O)OC)cc1OCC. The van der Waals surface area contributed by atoms with E-state index >= 15 is 0 Å². The maximum absolute atomic E-state index is 13.1. The zero-order chi connectivity index (χ0) is 22.1. The largest absolute Gasteiger partial charge is 0.490 e. The summed E-state index contributed by atoms with van der Waals surface area (Å²) >= 11 is 0. The summed E-state index contributed by atoms with van der Waals surface area (Å²) in [5.41, 5.74) is 1.91. The van der Waals surface area contributed by atoms with Crippen molar-refractivity contribution in [2.45, 2.75) is 33.6 Å². The number of esters is 1. The summed E-state index contributed by atoms with van der Waals surface area (Å²) in [5.74, 6) is 0.491. The Morgan fingerprint density at radius 2 is 1.87 bits per heavy atom. The first kappa shape index (κ1) is 23.5. The van der Waals surface area contributed by atoms with Gasteiger partial charge in [-0.15, -0.1) is 0 Å². The lowest BCUT2D eigenvalue weighted by atomic mass is 10.0. The standard InChI is InChI=1S/C23H31NO6/c1-6-12-30-19-10-9-17(15-20(19)29-7-2)14-18-21(23(26)28-5)16(3)24(22(18)25)11-8-13-27-4/h9-10,14-15H,6-8,11-13H2,1-5H3/b18-14-. The second-order valence-electron chi connectivity index (χ2n) is 6.80. The highest BCUT2D eigenvalue weighted by Crippen LogP contribution is 2.34. The molecule has 0 saturated heterocycles. The van der Waals surface area contributed by atoms with Gasteiger partial charge in [0.25, 0.3) is 5.91 Å². The quantitative estimate of drug-likeness (QED) is 0.311. The molecule has 2 rings (SSSR count). The predicted molar refractivity (Wildman–Crippen MR) is 114 cm³/mol. The highest BCUT2D eigenvalue weighted by atomic mass is 16.5. The number of allylic oxidation sites excluding steroid dienone is 1. The molecule has 0 unspecified atom stereocenters. The summed E-state index contributed by atoms with van der Waals surface area (Å²) in [6.07, 6.45) is 3.25. The molecule has 0 atom stereocenters. The van der Waals surface area contributed by atoms with Crippen LogP contribution in [-0.2, 0) is 19.1 Å². The van der Waals surface area contributed by atoms with Crippen molar-refractivity contribution in [3.8, 4) is 11.5 Å². The molecule has 1 aromatic rings. The molecular weight excluding hydrogens is 386 g/mol. The molecule has 7 heteroatoms. The van der Waals surface area contributed by atoms with Gasteiger partial charge in [0.1, 0.15) is 0 Å². The van der Waals surface area contributed by atoms with E-state index in [1.807, 2.05) is 32.0 Å². The number of benzene rings is 1. The number of hydrogen-bond donors (Lipinski definition) is 0. The highest BCUT2D eigenvalue weighted by molar-refractivity contribution is 6.16. The van der Waals surface area contributed by atoms with Crippen molar-refractivity contribution in [1.29, 1.82) is 0 Å². The van der Waals surface area contributed by atoms with E-state index in [-0.39, 0.29) is 11.5 Å². The molecule has 1 amide bonds. The van der Waals surface area contributed by atoms with E-state index in [1.54, 1.807) is 25.0 Å². The van der Waals surface area contributed by atoms with Crippen LogP contribution in [0.5, 0.6) is 11.5 Å². The minimum Gasteiger partial charge on any atom is -0.490 e. The molecule has 30 heavy (non-hydrogen) atoms. The average Bonchev–Trinajstić information content (AvgIpc) is 2.97. The molecule has 0 radical (unpaired) electrons. The van der Waals surface area contributed by atoms with Gasteiger partial charge in [0.15, 0.2) is 11.5 Å². The fourth-order valence-corrected chi connectivity index (χ4v) is 3.25. The van der Waals surface area contributed by atoms with E-state index in [4.69, 9.17) is 18.9 Å². The van der Waals surface area contributed by atoms with Crippen molar-refractivity contribution in [2.24, 2.45) is 0 Å². The molecule has 0 fully saturated rings. The summed E-state index contributed by atoms with van der Waals surface area (Å²) in [6.45, 7) is 7.75. The third-order valence-corrected chi connectivity index (χ3v) is 4.67. The number of hydrogen-bond acceptors (Lipinski definition) is 6. The number of nitrogens with zero attached hydrogens (tertiary/aromatic N) is 1. The van der Waals surface area contributed by atoms with Crippen molar-refractivity contribution < 1.29 is 28.5 Å². The van der Waals surface area contributed by atoms with Crippen LogP contribution in [0.4, 0.5) is 0 Å². The van der Waals surface area contributed by atoms with Gasteiger partial charge >= 0.3 is 5.97 Å². The van der Waals surface area contributed by atoms with E-state index in [9.17, 15) is 9.59 Å². The van der Waals surface area contributed by atoms with Gasteiger partial charge in [-0.05, 0) is 50.5 Å². The van der Waals surface area contributed by atoms with Gasteiger partial charge in [-0.2, -0.15) is 0 Å². The Kier molecular flexibility index (Phi) is 8.92. The second-order valence-corrected chi connectivity index (χ2v) is 6.80. The van der Waals surface area contributed by atoms with Crippen molar-refractivity contribution >= 4 is 18.0 Å². The van der Waals surface area contributed by atoms with Crippen LogP contribution < -0.4 is 9.47 Å². The van der Waals surface area contributed by atoms with E-state index in [1.165, 1.54) is 7.11 Å². The second kappa shape index (κ2) is 11.4. The first-order chi connectivity index (χ1) is 14.5. The Balaban J connectivity index is 2.42. The van der Waals surface area contributed by atoms with Crippen LogP contribution in [-0.4, -0.2) is 57.4 Å². The zero-order valence-electron chi connectivity index (χ0n) is 18.4. The first-order valence-electron chi connectivity index (χ1n) is 10.2. The van der Waals surface area contributed by atoms with E-state index in [2.05, 4.69) is 0 Å². The molecule has 0 N–H and O–H groups in total. The van der Waals surface area contributed by atoms with Crippen LogP contribution >= 0.6 is 0 Å². The molecule has 1 aliphatic heterocycles. The van der Waals surface area contributed by atoms with E-state index in [0.29, 0.717) is 55.6 Å². The third kappa shape index (κ3) is 5.42. The fraction of sp³-hybridized carbons (Fsp3) is 0.478. The van der Waals surface area contributed by atoms with Crippen molar-refractivity contribution in [2.75, 3.05) is 40.6 Å². The van der Waals surface area contributed by atoms with Gasteiger partial charge in [-0.1, -0.05) is 13.0 Å². The Morgan fingerprint density at radius 1 is 1.10 bits per heavy atom. The van der Waals surface area contributed by atoms with Gasteiger partial charge < -0.3 is 23.8 Å². The lowest BCUT2D eigenvalue weighted by Crippen LogP contribution is -2.26. The highest BCUT2D eigenvalue weighted by Gasteiger charge is 2.36. The fourth-order valence-electron chi connectivity index (χ4n) is 3.25. The topological polar surface area (TPSA) is 74.3 Å². The Bertz CT molecular complexity index is 827. The van der Waals surface area contributed by atoms with Gasteiger partial charge in [0.05, 0.1) is 31.5 Å². The van der Waals surface area contributed by atoms with Crippen LogP contribution in [0, 0.1) is 0 Å². The molecule has 0 aromatic heterocycles. The number of carbonyl (C=O) groups excluding carboxylic acids is 2. The number of methoxy groups -OCH3 is 2. The molecule has 1 aliphatic rings. The molecule has 164 valence electrons. The average molecular weight is 418 g/mol. The van der Waals surface area contributed by atoms with Crippen LogP contribution in [0.3, 0.4) is 0 Å². The van der Waals surface area contributed by atoms with Crippen molar-refractivity contribution in [1.82, 2.24) is 4.90 Å². The lowest BCUT2D eigenvalue weighted by Gasteiger charge is -2.17. The van der Waals surface area contributed by atoms with Crippen LogP contribution in [0.15, 0.2) is 35.0 Å². The van der Waals surface area contributed by atoms with Gasteiger partial charge in [-0.3, -0.25) is 4.79 Å². The van der Waals surface area contributed by atoms with E-state index < -0.39 is 5.97 Å². The molecular formula is C23H31NO6. The molecule has 0 spiro atoms. The number of ether oxygens (including phenoxy) is 4. The molecule has 1 heterocycles.